The first-order chi connectivity index (χ1) is 14.4. The lowest BCUT2D eigenvalue weighted by Crippen LogP contribution is -2.30. The van der Waals surface area contributed by atoms with Crippen molar-refractivity contribution in [2.24, 2.45) is 0 Å². The number of benzene rings is 3. The molecular formula is C24H20N2O4. The number of hydrogen-bond acceptors (Lipinski definition) is 4. The van der Waals surface area contributed by atoms with E-state index in [4.69, 9.17) is 4.74 Å². The van der Waals surface area contributed by atoms with Gasteiger partial charge in [-0.1, -0.05) is 24.3 Å². The number of imide groups is 1. The smallest absolute Gasteiger partial charge is 0.266 e. The van der Waals surface area contributed by atoms with E-state index in [1.54, 1.807) is 30.3 Å². The second-order valence-electron chi connectivity index (χ2n) is 7.15. The predicted octanol–water partition coefficient (Wildman–Crippen LogP) is 4.36. The fourth-order valence-electron chi connectivity index (χ4n) is 3.50. The van der Waals surface area contributed by atoms with Gasteiger partial charge in [-0.15, -0.1) is 0 Å². The van der Waals surface area contributed by atoms with E-state index in [2.05, 4.69) is 5.32 Å². The molecule has 3 aromatic rings. The molecular weight excluding hydrogens is 380 g/mol. The minimum absolute atomic E-state index is 0.216. The maximum Gasteiger partial charge on any atom is 0.266 e. The summed E-state index contributed by atoms with van der Waals surface area (Å²) in [6.45, 7) is 3.76. The Balaban J connectivity index is 1.66. The molecule has 3 amide bonds. The van der Waals surface area contributed by atoms with E-state index >= 15 is 0 Å². The Morgan fingerprint density at radius 2 is 1.63 bits per heavy atom. The first-order valence-corrected chi connectivity index (χ1v) is 9.45. The van der Waals surface area contributed by atoms with E-state index < -0.39 is 11.8 Å². The number of rotatable bonds is 4. The van der Waals surface area contributed by atoms with Gasteiger partial charge in [-0.3, -0.25) is 14.4 Å². The zero-order valence-electron chi connectivity index (χ0n) is 16.9. The quantitative estimate of drug-likeness (QED) is 0.660. The van der Waals surface area contributed by atoms with Crippen molar-refractivity contribution in [3.63, 3.8) is 0 Å². The number of ether oxygens (including phenoxy) is 1. The number of carbonyl (C=O) groups excluding carboxylic acids is 3. The molecule has 6 nitrogen and oxygen atoms in total. The third-order valence-electron chi connectivity index (χ3n) is 5.11. The molecule has 0 aromatic heterocycles. The average Bonchev–Trinajstić information content (AvgIpc) is 3.00. The molecule has 0 radical (unpaired) electrons. The summed E-state index contributed by atoms with van der Waals surface area (Å²) >= 11 is 0. The molecule has 150 valence electrons. The van der Waals surface area contributed by atoms with Crippen LogP contribution in [0.1, 0.15) is 42.2 Å². The molecule has 0 unspecified atom stereocenters. The van der Waals surface area contributed by atoms with Crippen LogP contribution in [0.3, 0.4) is 0 Å². The van der Waals surface area contributed by atoms with Gasteiger partial charge in [0.05, 0.1) is 29.6 Å². The minimum Gasteiger partial charge on any atom is -0.495 e. The minimum atomic E-state index is -0.435. The Morgan fingerprint density at radius 1 is 0.900 bits per heavy atom. The highest BCUT2D eigenvalue weighted by atomic mass is 16.5. The van der Waals surface area contributed by atoms with Crippen LogP contribution in [-0.2, 0) is 0 Å². The fourth-order valence-corrected chi connectivity index (χ4v) is 3.50. The number of nitrogens with zero attached hydrogens (tertiary/aromatic N) is 1. The average molecular weight is 400 g/mol. The van der Waals surface area contributed by atoms with E-state index in [-0.39, 0.29) is 22.6 Å². The lowest BCUT2D eigenvalue weighted by atomic mass is 10.1. The predicted molar refractivity (Wildman–Crippen MR) is 114 cm³/mol. The van der Waals surface area contributed by atoms with Crippen molar-refractivity contribution in [3.05, 3.63) is 88.5 Å². The van der Waals surface area contributed by atoms with Gasteiger partial charge in [0, 0.05) is 5.56 Å². The summed E-state index contributed by atoms with van der Waals surface area (Å²) in [4.78, 5) is 39.9. The van der Waals surface area contributed by atoms with Crippen LogP contribution in [0.4, 0.5) is 11.4 Å². The van der Waals surface area contributed by atoms with Gasteiger partial charge >= 0.3 is 0 Å². The summed E-state index contributed by atoms with van der Waals surface area (Å²) in [5.41, 5.74) is 3.63. The Hall–Kier alpha value is -3.93. The Labute approximate surface area is 174 Å². The van der Waals surface area contributed by atoms with E-state index in [9.17, 15) is 14.4 Å². The van der Waals surface area contributed by atoms with Crippen LogP contribution < -0.4 is 15.0 Å². The molecule has 1 aliphatic rings. The summed E-state index contributed by atoms with van der Waals surface area (Å²) in [7, 11) is 1.52. The maximum atomic E-state index is 13.1. The van der Waals surface area contributed by atoms with Gasteiger partial charge in [-0.2, -0.15) is 0 Å². The van der Waals surface area contributed by atoms with Gasteiger partial charge in [0.25, 0.3) is 17.7 Å². The van der Waals surface area contributed by atoms with E-state index in [1.807, 2.05) is 32.0 Å². The molecule has 30 heavy (non-hydrogen) atoms. The molecule has 0 saturated heterocycles. The largest absolute Gasteiger partial charge is 0.495 e. The normalized spacial score (nSPS) is 12.7. The van der Waals surface area contributed by atoms with Crippen LogP contribution in [0, 0.1) is 13.8 Å². The first-order valence-electron chi connectivity index (χ1n) is 9.45. The standard InChI is InChI=1S/C24H20N2O4/c1-14-8-9-15(2)20(12-14)26-23(28)17-11-10-16(13-18(17)24(26)29)22(27)25-19-6-4-5-7-21(19)30-3/h4-13H,1-3H3,(H,25,27). The SMILES string of the molecule is COc1ccccc1NC(=O)c1ccc2c(c1)C(=O)N(c1cc(C)ccc1C)C2=O. The highest BCUT2D eigenvalue weighted by Gasteiger charge is 2.37. The van der Waals surface area contributed by atoms with Crippen LogP contribution in [0.25, 0.3) is 0 Å². The Bertz CT molecular complexity index is 1200. The number of fused-ring (bicyclic) bond motifs is 1. The van der Waals surface area contributed by atoms with Gasteiger partial charge in [0.1, 0.15) is 5.75 Å². The number of amides is 3. The van der Waals surface area contributed by atoms with E-state index in [0.29, 0.717) is 17.1 Å². The molecule has 0 fully saturated rings. The summed E-state index contributed by atoms with van der Waals surface area (Å²) in [6, 6.07) is 17.2. The highest BCUT2D eigenvalue weighted by molar-refractivity contribution is 6.35. The number of carbonyl (C=O) groups is 3. The molecule has 4 rings (SSSR count). The van der Waals surface area contributed by atoms with Crippen molar-refractivity contribution in [1.29, 1.82) is 0 Å². The van der Waals surface area contributed by atoms with Crippen molar-refractivity contribution in [2.45, 2.75) is 13.8 Å². The Morgan fingerprint density at radius 3 is 2.40 bits per heavy atom. The van der Waals surface area contributed by atoms with Gasteiger partial charge < -0.3 is 10.1 Å². The number of aryl methyl sites for hydroxylation is 2. The molecule has 0 aliphatic carbocycles. The summed E-state index contributed by atoms with van der Waals surface area (Å²) in [5, 5.41) is 2.78. The van der Waals surface area contributed by atoms with Crippen LogP contribution in [0.5, 0.6) is 5.75 Å². The third-order valence-corrected chi connectivity index (χ3v) is 5.11. The highest BCUT2D eigenvalue weighted by Crippen LogP contribution is 2.32. The maximum absolute atomic E-state index is 13.1. The van der Waals surface area contributed by atoms with Crippen molar-refractivity contribution in [3.8, 4) is 5.75 Å². The first kappa shape index (κ1) is 19.4. The van der Waals surface area contributed by atoms with Crippen LogP contribution in [0.15, 0.2) is 60.7 Å². The van der Waals surface area contributed by atoms with Crippen LogP contribution >= 0.6 is 0 Å². The van der Waals surface area contributed by atoms with Crippen LogP contribution in [0.2, 0.25) is 0 Å². The van der Waals surface area contributed by atoms with Gasteiger partial charge in [-0.25, -0.2) is 4.90 Å². The zero-order chi connectivity index (χ0) is 21.4. The molecule has 0 bridgehead atoms. The summed E-state index contributed by atoms with van der Waals surface area (Å²) < 4.78 is 5.25. The molecule has 1 heterocycles. The van der Waals surface area contributed by atoms with Crippen LogP contribution in [-0.4, -0.2) is 24.8 Å². The second-order valence-corrected chi connectivity index (χ2v) is 7.15. The van der Waals surface area contributed by atoms with Crippen molar-refractivity contribution >= 4 is 29.1 Å². The van der Waals surface area contributed by atoms with Crippen molar-refractivity contribution < 1.29 is 19.1 Å². The zero-order valence-corrected chi connectivity index (χ0v) is 16.9. The topological polar surface area (TPSA) is 75.7 Å². The number of anilines is 2. The van der Waals surface area contributed by atoms with Crippen molar-refractivity contribution in [2.75, 3.05) is 17.3 Å². The molecule has 1 aliphatic heterocycles. The monoisotopic (exact) mass is 400 g/mol. The third kappa shape index (κ3) is 3.22. The number of hydrogen-bond donors (Lipinski definition) is 1. The second kappa shape index (κ2) is 7.48. The molecule has 3 aromatic carbocycles. The number of para-hydroxylation sites is 2. The number of methoxy groups -OCH3 is 1. The van der Waals surface area contributed by atoms with Gasteiger partial charge in [-0.05, 0) is 61.4 Å². The molecule has 0 saturated carbocycles. The molecule has 6 heteroatoms. The summed E-state index contributed by atoms with van der Waals surface area (Å²) in [6.07, 6.45) is 0. The van der Waals surface area contributed by atoms with E-state index in [1.165, 1.54) is 24.1 Å². The van der Waals surface area contributed by atoms with Crippen molar-refractivity contribution in [1.82, 2.24) is 0 Å². The lowest BCUT2D eigenvalue weighted by Gasteiger charge is -2.17. The summed E-state index contributed by atoms with van der Waals surface area (Å²) in [5.74, 6) is -0.692. The van der Waals surface area contributed by atoms with E-state index in [0.717, 1.165) is 11.1 Å². The fraction of sp³-hybridized carbons (Fsp3) is 0.125. The molecule has 0 atom stereocenters. The van der Waals surface area contributed by atoms with Gasteiger partial charge in [0.15, 0.2) is 0 Å². The Kier molecular flexibility index (Phi) is 4.83. The molecule has 1 N–H and O–H groups in total. The molecule has 0 spiro atoms. The number of nitrogens with one attached hydrogen (secondary N) is 1. The lowest BCUT2D eigenvalue weighted by molar-refractivity contribution is 0.0925. The van der Waals surface area contributed by atoms with Gasteiger partial charge in [0.2, 0.25) is 0 Å².